The van der Waals surface area contributed by atoms with Crippen LogP contribution < -0.4 is 15.5 Å². The summed E-state index contributed by atoms with van der Waals surface area (Å²) in [7, 11) is 2.04. The van der Waals surface area contributed by atoms with E-state index in [0.29, 0.717) is 59.1 Å². The number of piperidine rings is 2. The van der Waals surface area contributed by atoms with Crippen molar-refractivity contribution < 1.29 is 24.0 Å². The first-order chi connectivity index (χ1) is 26.6. The summed E-state index contributed by atoms with van der Waals surface area (Å²) in [6.45, 7) is 3.78. The zero-order valence-corrected chi connectivity index (χ0v) is 31.3. The summed E-state index contributed by atoms with van der Waals surface area (Å²) in [5.74, 6) is -2.17. The second kappa shape index (κ2) is 15.1. The van der Waals surface area contributed by atoms with Crippen molar-refractivity contribution in [2.24, 2.45) is 0 Å². The number of hydrogen-bond donors (Lipinski definition) is 2. The molecular weight excluding hydrogens is 722 g/mol. The van der Waals surface area contributed by atoms with Crippen LogP contribution in [0.1, 0.15) is 105 Å². The Labute approximate surface area is 323 Å². The highest BCUT2D eigenvalue weighted by Crippen LogP contribution is 2.35. The summed E-state index contributed by atoms with van der Waals surface area (Å²) >= 11 is 6.25. The van der Waals surface area contributed by atoms with E-state index >= 15 is 0 Å². The zero-order valence-electron chi connectivity index (χ0n) is 30.6. The molecule has 15 heteroatoms. The summed E-state index contributed by atoms with van der Waals surface area (Å²) in [4.78, 5) is 71.7. The standard InChI is InChI=1S/C40H42ClN9O5/c1-47(30-6-2-23(19-42)33(41)18-30)28-7-3-26(4-8-28)43-37(52)34-9-5-27(45-46-34)22-48-14-12-29(13-15-48)49-20-24-16-31-32(17-25(24)21-49)40(55)50(39(31)54)35-10-11-36(51)44-38(35)53/h2,5-6,9,16-18,26,28-29,35H,3-4,7-8,10-15,20-22H2,1H3,(H,43,52)(H,44,51,53). The molecule has 1 aliphatic carbocycles. The predicted octanol–water partition coefficient (Wildman–Crippen LogP) is 3.56. The summed E-state index contributed by atoms with van der Waals surface area (Å²) in [5, 5.41) is 23.7. The van der Waals surface area contributed by atoms with Gasteiger partial charge in [0.05, 0.1) is 27.4 Å². The van der Waals surface area contributed by atoms with E-state index in [-0.39, 0.29) is 24.8 Å². The second-order valence-corrected chi connectivity index (χ2v) is 15.7. The number of nitrogens with one attached hydrogen (secondary N) is 2. The summed E-state index contributed by atoms with van der Waals surface area (Å²) < 4.78 is 0. The van der Waals surface area contributed by atoms with Crippen LogP contribution in [0.25, 0.3) is 0 Å². The quantitative estimate of drug-likeness (QED) is 0.322. The van der Waals surface area contributed by atoms with Crippen molar-refractivity contribution in [3.05, 3.63) is 86.7 Å². The Morgan fingerprint density at radius 1 is 0.927 bits per heavy atom. The van der Waals surface area contributed by atoms with Gasteiger partial charge in [-0.05, 0) is 98.5 Å². The molecule has 55 heavy (non-hydrogen) atoms. The predicted molar refractivity (Wildman–Crippen MR) is 201 cm³/mol. The van der Waals surface area contributed by atoms with Crippen LogP contribution in [0.5, 0.6) is 0 Å². The van der Waals surface area contributed by atoms with Crippen LogP contribution in [-0.4, -0.2) is 98.7 Å². The van der Waals surface area contributed by atoms with Crippen molar-refractivity contribution in [2.45, 2.75) is 95.2 Å². The lowest BCUT2D eigenvalue weighted by molar-refractivity contribution is -0.136. The number of amides is 5. The Balaban J connectivity index is 0.784. The Hall–Kier alpha value is -5.23. The molecule has 3 fully saturated rings. The zero-order chi connectivity index (χ0) is 38.4. The maximum absolute atomic E-state index is 13.3. The first kappa shape index (κ1) is 36.7. The number of fused-ring (bicyclic) bond motifs is 2. The van der Waals surface area contributed by atoms with Crippen molar-refractivity contribution in [1.29, 1.82) is 5.26 Å². The fraction of sp³-hybridized carbons (Fsp3) is 0.450. The number of aromatic nitrogens is 2. The maximum Gasteiger partial charge on any atom is 0.272 e. The topological polar surface area (TPSA) is 172 Å². The Morgan fingerprint density at radius 3 is 2.22 bits per heavy atom. The number of nitriles is 1. The third-order valence-electron chi connectivity index (χ3n) is 12.0. The molecule has 5 aliphatic rings. The van der Waals surface area contributed by atoms with Crippen LogP contribution in [0.4, 0.5) is 5.69 Å². The average Bonchev–Trinajstić information content (AvgIpc) is 3.71. The first-order valence-electron chi connectivity index (χ1n) is 19.0. The molecule has 8 rings (SSSR count). The number of benzene rings is 2. The smallest absolute Gasteiger partial charge is 0.272 e. The van der Waals surface area contributed by atoms with Crippen LogP contribution in [0.3, 0.4) is 0 Å². The number of likely N-dealkylation sites (tertiary alicyclic amines) is 1. The van der Waals surface area contributed by atoms with Gasteiger partial charge < -0.3 is 10.2 Å². The van der Waals surface area contributed by atoms with E-state index in [1.54, 1.807) is 12.1 Å². The number of carbonyl (C=O) groups excluding carboxylic acids is 5. The molecule has 3 aromatic rings. The monoisotopic (exact) mass is 763 g/mol. The molecule has 14 nitrogen and oxygen atoms in total. The fourth-order valence-corrected chi connectivity index (χ4v) is 9.00. The molecule has 1 aromatic heterocycles. The number of carbonyl (C=O) groups is 5. The van der Waals surface area contributed by atoms with Crippen LogP contribution in [-0.2, 0) is 29.2 Å². The van der Waals surface area contributed by atoms with Crippen LogP contribution in [0.15, 0.2) is 42.5 Å². The van der Waals surface area contributed by atoms with Crippen molar-refractivity contribution >= 4 is 46.8 Å². The van der Waals surface area contributed by atoms with Gasteiger partial charge in [0.15, 0.2) is 5.69 Å². The third kappa shape index (κ3) is 7.31. The number of anilines is 1. The molecule has 0 radical (unpaired) electrons. The highest BCUT2D eigenvalue weighted by atomic mass is 35.5. The van der Waals surface area contributed by atoms with E-state index < -0.39 is 29.7 Å². The Bertz CT molecular complexity index is 2060. The van der Waals surface area contributed by atoms with Gasteiger partial charge in [0.25, 0.3) is 17.7 Å². The number of hydrogen-bond acceptors (Lipinski definition) is 11. The molecule has 2 N–H and O–H groups in total. The van der Waals surface area contributed by atoms with E-state index in [4.69, 9.17) is 16.9 Å². The van der Waals surface area contributed by atoms with Gasteiger partial charge in [-0.25, -0.2) is 0 Å². The van der Waals surface area contributed by atoms with Crippen molar-refractivity contribution in [2.75, 3.05) is 25.0 Å². The normalized spacial score (nSPS) is 23.3. The molecule has 2 saturated heterocycles. The molecule has 5 heterocycles. The van der Waals surface area contributed by atoms with Gasteiger partial charge in [0.2, 0.25) is 11.8 Å². The van der Waals surface area contributed by atoms with E-state index in [0.717, 1.165) is 79.0 Å². The summed E-state index contributed by atoms with van der Waals surface area (Å²) in [6.07, 6.45) is 5.69. The Kier molecular flexibility index (Phi) is 10.1. The van der Waals surface area contributed by atoms with E-state index in [1.165, 1.54) is 0 Å². The second-order valence-electron chi connectivity index (χ2n) is 15.3. The average molecular weight is 764 g/mol. The van der Waals surface area contributed by atoms with Gasteiger partial charge >= 0.3 is 0 Å². The highest BCUT2D eigenvalue weighted by molar-refractivity contribution is 6.32. The van der Waals surface area contributed by atoms with Crippen molar-refractivity contribution in [3.8, 4) is 6.07 Å². The van der Waals surface area contributed by atoms with Crippen LogP contribution in [0, 0.1) is 11.3 Å². The Morgan fingerprint density at radius 2 is 1.62 bits per heavy atom. The molecule has 1 saturated carbocycles. The lowest BCUT2D eigenvalue weighted by Crippen LogP contribution is -2.54. The highest BCUT2D eigenvalue weighted by Gasteiger charge is 2.45. The molecule has 1 atom stereocenters. The maximum atomic E-state index is 13.3. The molecule has 2 aromatic carbocycles. The van der Waals surface area contributed by atoms with Crippen molar-refractivity contribution in [3.63, 3.8) is 0 Å². The fourth-order valence-electron chi connectivity index (χ4n) is 8.78. The lowest BCUT2D eigenvalue weighted by atomic mass is 9.90. The van der Waals surface area contributed by atoms with Gasteiger partial charge in [-0.1, -0.05) is 11.6 Å². The van der Waals surface area contributed by atoms with E-state index in [2.05, 4.69) is 41.6 Å². The first-order valence-corrected chi connectivity index (χ1v) is 19.3. The molecule has 1 unspecified atom stereocenters. The van der Waals surface area contributed by atoms with Gasteiger partial charge in [-0.15, -0.1) is 5.10 Å². The summed E-state index contributed by atoms with van der Waals surface area (Å²) in [5.41, 5.74) is 5.26. The van der Waals surface area contributed by atoms with E-state index in [1.807, 2.05) is 37.4 Å². The molecule has 0 bridgehead atoms. The molecule has 5 amide bonds. The number of imide groups is 2. The van der Waals surface area contributed by atoms with Gasteiger partial charge in [0.1, 0.15) is 12.1 Å². The molecule has 4 aliphatic heterocycles. The molecule has 0 spiro atoms. The largest absolute Gasteiger partial charge is 0.372 e. The summed E-state index contributed by atoms with van der Waals surface area (Å²) in [6, 6.07) is 14.6. The minimum Gasteiger partial charge on any atom is -0.372 e. The third-order valence-corrected chi connectivity index (χ3v) is 12.3. The van der Waals surface area contributed by atoms with E-state index in [9.17, 15) is 24.0 Å². The number of halogens is 1. The molecular formula is C40H42ClN9O5. The van der Waals surface area contributed by atoms with Gasteiger partial charge in [-0.2, -0.15) is 10.4 Å². The van der Waals surface area contributed by atoms with Crippen LogP contribution >= 0.6 is 11.6 Å². The van der Waals surface area contributed by atoms with Crippen molar-refractivity contribution in [1.82, 2.24) is 35.5 Å². The van der Waals surface area contributed by atoms with Gasteiger partial charge in [-0.3, -0.25) is 44.0 Å². The molecule has 284 valence electrons. The number of rotatable bonds is 8. The number of nitrogens with zero attached hydrogens (tertiary/aromatic N) is 7. The van der Waals surface area contributed by atoms with Gasteiger partial charge in [0, 0.05) is 70.0 Å². The minimum atomic E-state index is -0.969. The minimum absolute atomic E-state index is 0.0640. The van der Waals surface area contributed by atoms with Crippen LogP contribution in [0.2, 0.25) is 5.02 Å². The SMILES string of the molecule is CN(c1ccc(C#N)c(Cl)c1)C1CCC(NC(=O)c2ccc(CN3CCC(N4Cc5cc6c(cc5C4)C(=O)N(C4CCC(=O)NC4=O)C6=O)CC3)nn2)CC1. The lowest BCUT2D eigenvalue weighted by Gasteiger charge is -2.36.